The fourth-order valence-electron chi connectivity index (χ4n) is 3.70. The highest BCUT2D eigenvalue weighted by molar-refractivity contribution is 6.36. The summed E-state index contributed by atoms with van der Waals surface area (Å²) >= 11 is 0. The van der Waals surface area contributed by atoms with Crippen molar-refractivity contribution in [1.29, 1.82) is 0 Å². The van der Waals surface area contributed by atoms with Gasteiger partial charge in [-0.1, -0.05) is 12.1 Å². The molecule has 1 saturated heterocycles. The summed E-state index contributed by atoms with van der Waals surface area (Å²) in [6.07, 6.45) is 0. The summed E-state index contributed by atoms with van der Waals surface area (Å²) in [4.78, 5) is 29.8. The number of hydrogen-bond acceptors (Lipinski definition) is 6. The van der Waals surface area contributed by atoms with Crippen molar-refractivity contribution in [2.24, 2.45) is 0 Å². The van der Waals surface area contributed by atoms with Crippen LogP contribution in [0.1, 0.15) is 5.56 Å². The molecule has 1 fully saturated rings. The number of benzene rings is 2. The zero-order chi connectivity index (χ0) is 22.7. The first-order chi connectivity index (χ1) is 15.5. The lowest BCUT2D eigenvalue weighted by Crippen LogP contribution is -2.43. The van der Waals surface area contributed by atoms with E-state index in [2.05, 4.69) is 10.2 Å². The van der Waals surface area contributed by atoms with Crippen LogP contribution in [0.25, 0.3) is 5.57 Å². The van der Waals surface area contributed by atoms with Gasteiger partial charge in [-0.15, -0.1) is 0 Å². The van der Waals surface area contributed by atoms with Gasteiger partial charge in [0, 0.05) is 37.9 Å². The molecule has 9 heteroatoms. The van der Waals surface area contributed by atoms with E-state index in [1.54, 1.807) is 24.3 Å². The molecular formula is C23H23F2N3O4. The Balaban J connectivity index is 1.63. The third-order valence-corrected chi connectivity index (χ3v) is 5.48. The van der Waals surface area contributed by atoms with E-state index in [4.69, 9.17) is 9.47 Å². The first-order valence-corrected chi connectivity index (χ1v) is 10.2. The van der Waals surface area contributed by atoms with Crippen LogP contribution in [0.3, 0.4) is 0 Å². The predicted octanol–water partition coefficient (Wildman–Crippen LogP) is 2.50. The molecule has 0 aromatic heterocycles. The van der Waals surface area contributed by atoms with Gasteiger partial charge in [0.1, 0.15) is 11.4 Å². The van der Waals surface area contributed by atoms with Crippen LogP contribution in [0.15, 0.2) is 48.2 Å². The van der Waals surface area contributed by atoms with Crippen molar-refractivity contribution < 1.29 is 27.8 Å². The van der Waals surface area contributed by atoms with E-state index in [1.165, 1.54) is 18.1 Å². The van der Waals surface area contributed by atoms with Gasteiger partial charge in [-0.2, -0.15) is 0 Å². The summed E-state index contributed by atoms with van der Waals surface area (Å²) in [5.74, 6) is -2.41. The number of anilines is 1. The molecule has 1 N–H and O–H groups in total. The molecule has 2 aromatic rings. The Morgan fingerprint density at radius 2 is 1.69 bits per heavy atom. The maximum atomic E-state index is 13.7. The SMILES string of the molecule is COc1ccc(C2=C(Nc3ccc(F)c(F)c3)C(=O)N(CCN3CCOCC3)C2=O)cc1. The maximum Gasteiger partial charge on any atom is 0.278 e. The zero-order valence-corrected chi connectivity index (χ0v) is 17.6. The standard InChI is InChI=1S/C23H23F2N3O4/c1-31-17-5-2-15(3-6-17)20-21(26-16-4-7-18(24)19(25)14-16)23(30)28(22(20)29)9-8-27-10-12-32-13-11-27/h2-7,14,26H,8-13H2,1H3. The number of nitrogens with zero attached hydrogens (tertiary/aromatic N) is 2. The summed E-state index contributed by atoms with van der Waals surface area (Å²) in [6, 6.07) is 9.95. The fraction of sp³-hybridized carbons (Fsp3) is 0.304. The number of hydrogen-bond donors (Lipinski definition) is 1. The number of carbonyl (C=O) groups is 2. The van der Waals surface area contributed by atoms with E-state index in [0.29, 0.717) is 31.1 Å². The molecule has 0 spiro atoms. The highest BCUT2D eigenvalue weighted by Gasteiger charge is 2.39. The van der Waals surface area contributed by atoms with Crippen molar-refractivity contribution >= 4 is 23.1 Å². The van der Waals surface area contributed by atoms with E-state index in [9.17, 15) is 18.4 Å². The topological polar surface area (TPSA) is 71.1 Å². The Labute approximate surface area is 184 Å². The number of methoxy groups -OCH3 is 1. The third kappa shape index (κ3) is 4.49. The summed E-state index contributed by atoms with van der Waals surface area (Å²) in [6.45, 7) is 3.42. The van der Waals surface area contributed by atoms with Gasteiger partial charge in [0.2, 0.25) is 0 Å². The summed E-state index contributed by atoms with van der Waals surface area (Å²) in [7, 11) is 1.53. The second-order valence-electron chi connectivity index (χ2n) is 7.45. The molecule has 2 heterocycles. The third-order valence-electron chi connectivity index (χ3n) is 5.48. The fourth-order valence-corrected chi connectivity index (χ4v) is 3.70. The normalized spacial score (nSPS) is 17.3. The molecule has 2 aliphatic rings. The van der Waals surface area contributed by atoms with Crippen LogP contribution in [0.4, 0.5) is 14.5 Å². The van der Waals surface area contributed by atoms with Crippen molar-refractivity contribution in [3.63, 3.8) is 0 Å². The van der Waals surface area contributed by atoms with Gasteiger partial charge in [0.25, 0.3) is 11.8 Å². The number of carbonyl (C=O) groups excluding carboxylic acids is 2. The van der Waals surface area contributed by atoms with Gasteiger partial charge in [0.05, 0.1) is 25.9 Å². The molecule has 4 rings (SSSR count). The number of rotatable bonds is 7. The van der Waals surface area contributed by atoms with Crippen molar-refractivity contribution in [3.05, 3.63) is 65.4 Å². The monoisotopic (exact) mass is 443 g/mol. The van der Waals surface area contributed by atoms with Crippen molar-refractivity contribution in [2.75, 3.05) is 51.8 Å². The summed E-state index contributed by atoms with van der Waals surface area (Å²) < 4.78 is 37.5. The van der Waals surface area contributed by atoms with Crippen LogP contribution >= 0.6 is 0 Å². The maximum absolute atomic E-state index is 13.7. The Kier molecular flexibility index (Phi) is 6.48. The lowest BCUT2D eigenvalue weighted by Gasteiger charge is -2.28. The number of ether oxygens (including phenoxy) is 2. The molecule has 0 bridgehead atoms. The van der Waals surface area contributed by atoms with Crippen LogP contribution < -0.4 is 10.1 Å². The van der Waals surface area contributed by atoms with Gasteiger partial charge in [-0.25, -0.2) is 8.78 Å². The number of morpholine rings is 1. The summed E-state index contributed by atoms with van der Waals surface area (Å²) in [5, 5.41) is 2.83. The van der Waals surface area contributed by atoms with E-state index < -0.39 is 23.4 Å². The van der Waals surface area contributed by atoms with Crippen LogP contribution in [-0.2, 0) is 14.3 Å². The van der Waals surface area contributed by atoms with Gasteiger partial charge in [-0.3, -0.25) is 19.4 Å². The van der Waals surface area contributed by atoms with E-state index in [0.717, 1.165) is 25.2 Å². The Hall–Kier alpha value is -3.30. The number of nitrogens with one attached hydrogen (secondary N) is 1. The first kappa shape index (κ1) is 21.9. The van der Waals surface area contributed by atoms with Crippen molar-refractivity contribution in [3.8, 4) is 5.75 Å². The minimum atomic E-state index is -1.05. The molecule has 0 saturated carbocycles. The smallest absolute Gasteiger partial charge is 0.278 e. The second-order valence-corrected chi connectivity index (χ2v) is 7.45. The van der Waals surface area contributed by atoms with Crippen LogP contribution in [0, 0.1) is 11.6 Å². The molecule has 2 amide bonds. The number of imide groups is 1. The molecule has 0 radical (unpaired) electrons. The molecule has 0 aliphatic carbocycles. The average Bonchev–Trinajstić information content (AvgIpc) is 3.04. The van der Waals surface area contributed by atoms with E-state index in [1.807, 2.05) is 0 Å². The Morgan fingerprint density at radius 1 is 0.969 bits per heavy atom. The Morgan fingerprint density at radius 3 is 2.34 bits per heavy atom. The van der Waals surface area contributed by atoms with Gasteiger partial charge in [-0.05, 0) is 29.8 Å². The molecule has 0 unspecified atom stereocenters. The van der Waals surface area contributed by atoms with Gasteiger partial charge >= 0.3 is 0 Å². The molecule has 32 heavy (non-hydrogen) atoms. The first-order valence-electron chi connectivity index (χ1n) is 10.2. The van der Waals surface area contributed by atoms with E-state index >= 15 is 0 Å². The van der Waals surface area contributed by atoms with Gasteiger partial charge < -0.3 is 14.8 Å². The second kappa shape index (κ2) is 9.46. The van der Waals surface area contributed by atoms with Crippen molar-refractivity contribution in [2.45, 2.75) is 0 Å². The lowest BCUT2D eigenvalue weighted by molar-refractivity contribution is -0.137. The minimum absolute atomic E-state index is 0.0214. The highest BCUT2D eigenvalue weighted by atomic mass is 19.2. The largest absolute Gasteiger partial charge is 0.497 e. The average molecular weight is 443 g/mol. The zero-order valence-electron chi connectivity index (χ0n) is 17.6. The van der Waals surface area contributed by atoms with Crippen LogP contribution in [0.2, 0.25) is 0 Å². The lowest BCUT2D eigenvalue weighted by atomic mass is 10.0. The quantitative estimate of drug-likeness (QED) is 0.664. The highest BCUT2D eigenvalue weighted by Crippen LogP contribution is 2.31. The molecule has 168 valence electrons. The molecule has 0 atom stereocenters. The molecular weight excluding hydrogens is 420 g/mol. The van der Waals surface area contributed by atoms with Gasteiger partial charge in [0.15, 0.2) is 11.6 Å². The molecule has 2 aliphatic heterocycles. The van der Waals surface area contributed by atoms with Crippen molar-refractivity contribution in [1.82, 2.24) is 9.80 Å². The number of amides is 2. The predicted molar refractivity (Wildman–Crippen MR) is 114 cm³/mol. The number of halogens is 2. The van der Waals surface area contributed by atoms with Crippen LogP contribution in [0.5, 0.6) is 5.75 Å². The Bertz CT molecular complexity index is 1050. The van der Waals surface area contributed by atoms with Crippen LogP contribution in [-0.4, -0.2) is 68.1 Å². The molecule has 2 aromatic carbocycles. The molecule has 7 nitrogen and oxygen atoms in total. The summed E-state index contributed by atoms with van der Waals surface area (Å²) in [5.41, 5.74) is 0.877. The minimum Gasteiger partial charge on any atom is -0.497 e. The van der Waals surface area contributed by atoms with E-state index in [-0.39, 0.29) is 23.5 Å².